The number of carbonyl (C=O) groups is 4. The fraction of sp³-hybridized carbons (Fsp3) is 0.500. The summed E-state index contributed by atoms with van der Waals surface area (Å²) in [6, 6.07) is -4.21. The van der Waals surface area contributed by atoms with Gasteiger partial charge in [0, 0.05) is 0 Å². The van der Waals surface area contributed by atoms with Crippen LogP contribution in [-0.4, -0.2) is 68.5 Å². The molecule has 160 valence electrons. The Labute approximate surface area is 161 Å². The van der Waals surface area contributed by atoms with Crippen LogP contribution in [-0.2, 0) is 19.2 Å². The molecule has 0 aliphatic carbocycles. The molecule has 0 heterocycles. The van der Waals surface area contributed by atoms with Crippen molar-refractivity contribution in [3.8, 4) is 0 Å². The summed E-state index contributed by atoms with van der Waals surface area (Å²) in [5, 5.41) is 33.8. The molecule has 0 aromatic heterocycles. The molecule has 0 amide bonds. The van der Waals surface area contributed by atoms with E-state index >= 15 is 0 Å². The van der Waals surface area contributed by atoms with Gasteiger partial charge in [0.25, 0.3) is 0 Å². The molecule has 0 saturated heterocycles. The van der Waals surface area contributed by atoms with Crippen LogP contribution in [0.5, 0.6) is 0 Å². The molecule has 12 N–H and O–H groups in total. The Hall–Kier alpha value is -2.80. The van der Waals surface area contributed by atoms with Gasteiger partial charge < -0.3 is 43.4 Å². The number of hydrogen-bond acceptors (Lipinski definition) is 8. The van der Waals surface area contributed by atoms with Gasteiger partial charge in [-0.1, -0.05) is 24.3 Å². The fourth-order valence-electron chi connectivity index (χ4n) is 1.76. The molecule has 4 atom stereocenters. The number of hydrogen-bond donors (Lipinski definition) is 8. The van der Waals surface area contributed by atoms with Crippen molar-refractivity contribution in [2.45, 2.75) is 49.9 Å². The summed E-state index contributed by atoms with van der Waals surface area (Å²) in [4.78, 5) is 41.4. The summed E-state index contributed by atoms with van der Waals surface area (Å²) in [5.74, 6) is -4.57. The minimum atomic E-state index is -1.14. The molecule has 0 aromatic rings. The first-order valence-corrected chi connectivity index (χ1v) is 7.95. The molecule has 0 aromatic carbocycles. The Morgan fingerprint density at radius 1 is 0.536 bits per heavy atom. The van der Waals surface area contributed by atoms with Crippen molar-refractivity contribution in [2.24, 2.45) is 22.9 Å². The monoisotopic (exact) mass is 404 g/mol. The minimum Gasteiger partial charge on any atom is -0.480 e. The summed E-state index contributed by atoms with van der Waals surface area (Å²) in [6.07, 6.45) is 0.152. The molecule has 0 unspecified atom stereocenters. The molecule has 0 aliphatic heterocycles. The van der Waals surface area contributed by atoms with Gasteiger partial charge in [-0.25, -0.2) is 0 Å². The van der Waals surface area contributed by atoms with Gasteiger partial charge in [0.15, 0.2) is 0 Å². The first kappa shape index (κ1) is 27.4. The lowest BCUT2D eigenvalue weighted by Crippen LogP contribution is -2.33. The zero-order valence-corrected chi connectivity index (χ0v) is 15.3. The summed E-state index contributed by atoms with van der Waals surface area (Å²) in [5.41, 5.74) is 21.7. The fourth-order valence-corrected chi connectivity index (χ4v) is 1.76. The molecule has 12 heteroatoms. The van der Waals surface area contributed by atoms with Crippen LogP contribution in [0.15, 0.2) is 24.3 Å². The SMILES string of the molecule is C=C(C[C@@H](N)C(=O)O)C[C@@H](N)C(=O)O.C=C(C[C@H](N)C(=O)O)C[C@H](N)C(=O)O. The normalized spacial score (nSPS) is 14.4. The molecule has 0 radical (unpaired) electrons. The number of carboxylic acids is 4. The quantitative estimate of drug-likeness (QED) is 0.169. The van der Waals surface area contributed by atoms with Crippen molar-refractivity contribution in [3.63, 3.8) is 0 Å². The van der Waals surface area contributed by atoms with Gasteiger partial charge in [-0.2, -0.15) is 0 Å². The highest BCUT2D eigenvalue weighted by atomic mass is 16.4. The second-order valence-electron chi connectivity index (χ2n) is 6.10. The third kappa shape index (κ3) is 13.4. The maximum Gasteiger partial charge on any atom is 0.320 e. The van der Waals surface area contributed by atoms with E-state index < -0.39 is 48.0 Å². The highest BCUT2D eigenvalue weighted by Crippen LogP contribution is 2.09. The van der Waals surface area contributed by atoms with Crippen molar-refractivity contribution in [3.05, 3.63) is 24.3 Å². The second-order valence-corrected chi connectivity index (χ2v) is 6.10. The molecule has 28 heavy (non-hydrogen) atoms. The highest BCUT2D eigenvalue weighted by Gasteiger charge is 2.18. The summed E-state index contributed by atoms with van der Waals surface area (Å²) >= 11 is 0. The molecule has 0 saturated carbocycles. The zero-order valence-electron chi connectivity index (χ0n) is 15.3. The highest BCUT2D eigenvalue weighted by molar-refractivity contribution is 5.75. The second kappa shape index (κ2) is 13.4. The molecule has 0 rings (SSSR count). The van der Waals surface area contributed by atoms with E-state index in [2.05, 4.69) is 13.2 Å². The third-order valence-corrected chi connectivity index (χ3v) is 3.30. The van der Waals surface area contributed by atoms with Gasteiger partial charge in [0.05, 0.1) is 0 Å². The molecule has 12 nitrogen and oxygen atoms in total. The van der Waals surface area contributed by atoms with Crippen LogP contribution >= 0.6 is 0 Å². The lowest BCUT2D eigenvalue weighted by atomic mass is 10.0. The topological polar surface area (TPSA) is 253 Å². The van der Waals surface area contributed by atoms with Gasteiger partial charge >= 0.3 is 23.9 Å². The lowest BCUT2D eigenvalue weighted by molar-refractivity contribution is -0.139. The van der Waals surface area contributed by atoms with E-state index in [0.29, 0.717) is 11.1 Å². The predicted molar refractivity (Wildman–Crippen MR) is 99.2 cm³/mol. The third-order valence-electron chi connectivity index (χ3n) is 3.30. The average Bonchev–Trinajstić information content (AvgIpc) is 2.54. The molecule has 0 fully saturated rings. The lowest BCUT2D eigenvalue weighted by Gasteiger charge is -2.11. The summed E-state index contributed by atoms with van der Waals surface area (Å²) in [6.45, 7) is 7.03. The van der Waals surface area contributed by atoms with E-state index in [1.807, 2.05) is 0 Å². The van der Waals surface area contributed by atoms with E-state index in [4.69, 9.17) is 43.4 Å². The molecular weight excluding hydrogens is 376 g/mol. The largest absolute Gasteiger partial charge is 0.480 e. The van der Waals surface area contributed by atoms with Crippen LogP contribution in [0.2, 0.25) is 0 Å². The Morgan fingerprint density at radius 2 is 0.679 bits per heavy atom. The standard InChI is InChI=1S/2C8H14N2O4/c2*1-4(2-5(9)7(11)12)3-6(10)8(13)14/h2*5-6H,1-3,9-10H2,(H,11,12)(H,13,14)/t2*5-,6-/m10/s1. The van der Waals surface area contributed by atoms with Gasteiger partial charge in [-0.3, -0.25) is 19.2 Å². The van der Waals surface area contributed by atoms with Crippen LogP contribution < -0.4 is 22.9 Å². The van der Waals surface area contributed by atoms with Crippen molar-refractivity contribution in [2.75, 3.05) is 0 Å². The minimum absolute atomic E-state index is 0.0380. The number of carboxylic acid groups (broad SMARTS) is 4. The van der Waals surface area contributed by atoms with Crippen LogP contribution in [0.4, 0.5) is 0 Å². The van der Waals surface area contributed by atoms with Crippen molar-refractivity contribution >= 4 is 23.9 Å². The number of nitrogens with two attached hydrogens (primary N) is 4. The summed E-state index contributed by atoms with van der Waals surface area (Å²) in [7, 11) is 0. The van der Waals surface area contributed by atoms with E-state index in [1.54, 1.807) is 0 Å². The van der Waals surface area contributed by atoms with E-state index in [-0.39, 0.29) is 25.7 Å². The van der Waals surface area contributed by atoms with Crippen LogP contribution in [0.25, 0.3) is 0 Å². The van der Waals surface area contributed by atoms with Crippen LogP contribution in [0.3, 0.4) is 0 Å². The first-order valence-electron chi connectivity index (χ1n) is 7.95. The Balaban J connectivity index is 0. The maximum atomic E-state index is 10.3. The smallest absolute Gasteiger partial charge is 0.320 e. The van der Waals surface area contributed by atoms with Crippen LogP contribution in [0.1, 0.15) is 25.7 Å². The Bertz CT molecular complexity index is 507. The number of aliphatic carboxylic acids is 4. The Morgan fingerprint density at radius 3 is 0.786 bits per heavy atom. The average molecular weight is 404 g/mol. The molecule has 0 bridgehead atoms. The molecule has 0 spiro atoms. The van der Waals surface area contributed by atoms with Crippen LogP contribution in [0, 0.1) is 0 Å². The van der Waals surface area contributed by atoms with Crippen molar-refractivity contribution < 1.29 is 39.6 Å². The summed E-state index contributed by atoms with van der Waals surface area (Å²) < 4.78 is 0. The first-order chi connectivity index (χ1) is 12.7. The zero-order chi connectivity index (χ0) is 22.6. The Kier molecular flexibility index (Phi) is 13.1. The van der Waals surface area contributed by atoms with E-state index in [0.717, 1.165) is 0 Å². The molecular formula is C16H28N4O8. The van der Waals surface area contributed by atoms with E-state index in [9.17, 15) is 19.2 Å². The maximum absolute atomic E-state index is 10.3. The molecule has 0 aliphatic rings. The van der Waals surface area contributed by atoms with Crippen molar-refractivity contribution in [1.29, 1.82) is 0 Å². The van der Waals surface area contributed by atoms with Gasteiger partial charge in [0.2, 0.25) is 0 Å². The van der Waals surface area contributed by atoms with Gasteiger partial charge in [-0.15, -0.1) is 0 Å². The van der Waals surface area contributed by atoms with Crippen molar-refractivity contribution in [1.82, 2.24) is 0 Å². The number of rotatable bonds is 12. The predicted octanol–water partition coefficient (Wildman–Crippen LogP) is -1.71. The van der Waals surface area contributed by atoms with Gasteiger partial charge in [0.1, 0.15) is 24.2 Å². The van der Waals surface area contributed by atoms with E-state index in [1.165, 1.54) is 0 Å². The van der Waals surface area contributed by atoms with Gasteiger partial charge in [-0.05, 0) is 25.7 Å².